The van der Waals surface area contributed by atoms with E-state index in [1.165, 1.54) is 48.6 Å². The van der Waals surface area contributed by atoms with Crippen LogP contribution in [0, 0.1) is 11.3 Å². The lowest BCUT2D eigenvalue weighted by Gasteiger charge is -2.12. The predicted molar refractivity (Wildman–Crippen MR) is 117 cm³/mol. The zero-order chi connectivity index (χ0) is 22.9. The summed E-state index contributed by atoms with van der Waals surface area (Å²) < 4.78 is 56.3. The molecular weight excluding hydrogens is 430 g/mol. The number of hydrogen-bond donors (Lipinski definition) is 0. The Labute approximate surface area is 182 Å². The molecule has 0 saturated heterocycles. The number of halogens is 5. The Morgan fingerprint density at radius 3 is 2.29 bits per heavy atom. The van der Waals surface area contributed by atoms with Crippen molar-refractivity contribution in [1.29, 1.82) is 5.26 Å². The van der Waals surface area contributed by atoms with Gasteiger partial charge in [0.05, 0.1) is 11.4 Å². The summed E-state index contributed by atoms with van der Waals surface area (Å²) in [5.41, 5.74) is -0.0607. The molecular formula is C23H18ClF4N3. The van der Waals surface area contributed by atoms with Crippen LogP contribution in [0.1, 0.15) is 18.4 Å². The molecule has 0 heterocycles. The molecule has 0 N–H and O–H groups in total. The number of para-hydroxylation sites is 1. The highest BCUT2D eigenvalue weighted by Gasteiger charge is 2.35. The maximum atomic E-state index is 14.4. The minimum Gasteiger partial charge on any atom is -0.236 e. The lowest BCUT2D eigenvalue weighted by atomic mass is 10.1. The maximum absolute atomic E-state index is 14.4. The van der Waals surface area contributed by atoms with Gasteiger partial charge in [0.15, 0.2) is 10.9 Å². The van der Waals surface area contributed by atoms with Crippen LogP contribution in [0.3, 0.4) is 0 Å². The van der Waals surface area contributed by atoms with Crippen LogP contribution < -0.4 is 0 Å². The minimum atomic E-state index is -3.48. The van der Waals surface area contributed by atoms with Crippen LogP contribution in [-0.4, -0.2) is 22.7 Å². The minimum absolute atomic E-state index is 0.144. The van der Waals surface area contributed by atoms with Gasteiger partial charge in [-0.05, 0) is 29.8 Å². The molecule has 0 aromatic heterocycles. The van der Waals surface area contributed by atoms with Crippen LogP contribution in [0.4, 0.5) is 28.9 Å². The Hall–Kier alpha value is -3.24. The molecule has 8 heteroatoms. The quantitative estimate of drug-likeness (QED) is 0.223. The third-order valence-corrected chi connectivity index (χ3v) is 4.29. The third-order valence-electron chi connectivity index (χ3n) is 3.93. The molecule has 0 fully saturated rings. The van der Waals surface area contributed by atoms with Gasteiger partial charge in [-0.1, -0.05) is 60.2 Å². The Morgan fingerprint density at radius 1 is 0.968 bits per heavy atom. The largest absolute Gasteiger partial charge is 0.303 e. The van der Waals surface area contributed by atoms with Crippen molar-refractivity contribution in [1.82, 2.24) is 0 Å². The van der Waals surface area contributed by atoms with Gasteiger partial charge < -0.3 is 0 Å². The molecule has 0 spiro atoms. The highest BCUT2D eigenvalue weighted by molar-refractivity contribution is 6.67. The summed E-state index contributed by atoms with van der Waals surface area (Å²) in [6.45, 7) is 3.25. The van der Waals surface area contributed by atoms with Gasteiger partial charge >= 0.3 is 11.8 Å². The molecule has 31 heavy (non-hydrogen) atoms. The van der Waals surface area contributed by atoms with E-state index in [-0.39, 0.29) is 11.4 Å². The van der Waals surface area contributed by atoms with E-state index < -0.39 is 35.6 Å². The molecule has 2 aromatic rings. The molecule has 160 valence electrons. The summed E-state index contributed by atoms with van der Waals surface area (Å²) in [4.78, 5) is 7.42. The van der Waals surface area contributed by atoms with Crippen molar-refractivity contribution in [3.8, 4) is 6.07 Å². The van der Waals surface area contributed by atoms with Crippen molar-refractivity contribution in [2.45, 2.75) is 24.7 Å². The van der Waals surface area contributed by atoms with E-state index in [0.717, 1.165) is 6.08 Å². The van der Waals surface area contributed by atoms with Crippen molar-refractivity contribution in [2.24, 2.45) is 9.98 Å². The second kappa shape index (κ2) is 10.7. The Balaban J connectivity index is 2.15. The topological polar surface area (TPSA) is 48.5 Å². The lowest BCUT2D eigenvalue weighted by Crippen LogP contribution is -2.26. The Kier molecular flexibility index (Phi) is 8.29. The van der Waals surface area contributed by atoms with E-state index in [2.05, 4.69) is 16.6 Å². The first kappa shape index (κ1) is 24.0. The van der Waals surface area contributed by atoms with E-state index >= 15 is 0 Å². The first-order chi connectivity index (χ1) is 14.7. The van der Waals surface area contributed by atoms with Crippen LogP contribution in [0.5, 0.6) is 0 Å². The zero-order valence-electron chi connectivity index (χ0n) is 16.3. The summed E-state index contributed by atoms with van der Waals surface area (Å²) in [7, 11) is 0. The number of nitrogens with zero attached hydrogens (tertiary/aromatic N) is 3. The average Bonchev–Trinajstić information content (AvgIpc) is 2.72. The Bertz CT molecular complexity index is 1040. The first-order valence-electron chi connectivity index (χ1n) is 9.10. The average molecular weight is 448 g/mol. The third kappa shape index (κ3) is 7.19. The van der Waals surface area contributed by atoms with Gasteiger partial charge in [-0.2, -0.15) is 22.8 Å². The Morgan fingerprint density at radius 2 is 1.65 bits per heavy atom. The molecule has 0 unspecified atom stereocenters. The number of allylic oxidation sites excluding steroid dienone is 2. The summed E-state index contributed by atoms with van der Waals surface area (Å²) >= 11 is 5.61. The molecule has 3 nitrogen and oxygen atoms in total. The van der Waals surface area contributed by atoms with E-state index in [1.807, 2.05) is 0 Å². The molecule has 0 radical (unpaired) electrons. The van der Waals surface area contributed by atoms with Gasteiger partial charge in [-0.15, -0.1) is 6.58 Å². The van der Waals surface area contributed by atoms with Crippen molar-refractivity contribution >= 4 is 39.9 Å². The molecule has 0 bridgehead atoms. The molecule has 0 aliphatic carbocycles. The molecule has 0 saturated carbocycles. The van der Waals surface area contributed by atoms with Crippen molar-refractivity contribution < 1.29 is 17.6 Å². The van der Waals surface area contributed by atoms with Gasteiger partial charge in [0.25, 0.3) is 0 Å². The number of hydrogen-bond acceptors (Lipinski definition) is 3. The second-order valence-electron chi connectivity index (χ2n) is 6.41. The molecule has 2 aromatic carbocycles. The fraction of sp³-hybridized carbons (Fsp3) is 0.174. The number of nitriles is 1. The van der Waals surface area contributed by atoms with Crippen LogP contribution in [0.15, 0.2) is 83.3 Å². The molecule has 0 aliphatic heterocycles. The number of rotatable bonds is 9. The number of alkyl halides is 4. The van der Waals surface area contributed by atoms with Gasteiger partial charge in [0.2, 0.25) is 0 Å². The standard InChI is InChI=1S/C23H18ClF4N3/c1-2-13-23(27,28)21(24)31-19-12-6-8-17(15-19)9-7-14-22(25,26)20(16-29)30-18-10-4-3-5-11-18/h2-12,15H,1,13-14H2/b9-7+,30-20+,31-21-. The number of benzene rings is 2. The summed E-state index contributed by atoms with van der Waals surface area (Å²) in [5.74, 6) is -6.82. The normalized spacial score (nSPS) is 13.3. The first-order valence-corrected chi connectivity index (χ1v) is 9.48. The molecule has 0 amide bonds. The van der Waals surface area contributed by atoms with Gasteiger partial charge in [-0.25, -0.2) is 9.98 Å². The van der Waals surface area contributed by atoms with E-state index in [1.54, 1.807) is 24.3 Å². The van der Waals surface area contributed by atoms with Crippen LogP contribution in [-0.2, 0) is 0 Å². The van der Waals surface area contributed by atoms with Crippen molar-refractivity contribution in [3.63, 3.8) is 0 Å². The fourth-order valence-electron chi connectivity index (χ4n) is 2.42. The van der Waals surface area contributed by atoms with E-state index in [9.17, 15) is 17.6 Å². The highest BCUT2D eigenvalue weighted by Crippen LogP contribution is 2.28. The predicted octanol–water partition coefficient (Wildman–Crippen LogP) is 7.50. The van der Waals surface area contributed by atoms with Crippen LogP contribution >= 0.6 is 11.6 Å². The van der Waals surface area contributed by atoms with Crippen LogP contribution in [0.2, 0.25) is 0 Å². The monoisotopic (exact) mass is 447 g/mol. The second-order valence-corrected chi connectivity index (χ2v) is 6.77. The van der Waals surface area contributed by atoms with Crippen molar-refractivity contribution in [3.05, 3.63) is 78.9 Å². The lowest BCUT2D eigenvalue weighted by molar-refractivity contribution is 0.0833. The van der Waals surface area contributed by atoms with E-state index in [4.69, 9.17) is 16.9 Å². The molecule has 2 rings (SSSR count). The van der Waals surface area contributed by atoms with Gasteiger partial charge in [0, 0.05) is 12.8 Å². The SMILES string of the molecule is C=CCC(F)(F)/C(Cl)=N/c1cccc(/C=C/CC(F)(F)/C(C#N)=N/c2ccccc2)c1. The smallest absolute Gasteiger partial charge is 0.236 e. The highest BCUT2D eigenvalue weighted by atomic mass is 35.5. The summed E-state index contributed by atoms with van der Waals surface area (Å²) in [6, 6.07) is 15.4. The van der Waals surface area contributed by atoms with Crippen LogP contribution in [0.25, 0.3) is 6.08 Å². The van der Waals surface area contributed by atoms with E-state index in [0.29, 0.717) is 5.56 Å². The summed E-state index contributed by atoms with van der Waals surface area (Å²) in [6.07, 6.45) is 2.16. The summed E-state index contributed by atoms with van der Waals surface area (Å²) in [5, 5.41) is 8.19. The molecule has 0 atom stereocenters. The van der Waals surface area contributed by atoms with Crippen molar-refractivity contribution in [2.75, 3.05) is 0 Å². The molecule has 0 aliphatic rings. The fourth-order valence-corrected chi connectivity index (χ4v) is 2.59. The zero-order valence-corrected chi connectivity index (χ0v) is 17.0. The van der Waals surface area contributed by atoms with Gasteiger partial charge in [-0.3, -0.25) is 0 Å². The maximum Gasteiger partial charge on any atom is 0.303 e. The van der Waals surface area contributed by atoms with Gasteiger partial charge in [0.1, 0.15) is 6.07 Å². The number of aliphatic imine (C=N–C) groups is 2.